The molecule has 0 unspecified atom stereocenters. The fourth-order valence-corrected chi connectivity index (χ4v) is 1.65. The first-order valence-electron chi connectivity index (χ1n) is 6.05. The van der Waals surface area contributed by atoms with Gasteiger partial charge in [0, 0.05) is 13.2 Å². The molecular weight excluding hydrogens is 172 g/mol. The Morgan fingerprint density at radius 1 is 1.14 bits per heavy atom. The van der Waals surface area contributed by atoms with E-state index in [1.165, 1.54) is 25.8 Å². The molecule has 2 nitrogen and oxygen atoms in total. The van der Waals surface area contributed by atoms with Crippen LogP contribution in [0, 0.1) is 5.41 Å². The lowest BCUT2D eigenvalue weighted by Gasteiger charge is -2.41. The van der Waals surface area contributed by atoms with Gasteiger partial charge in [-0.05, 0) is 25.3 Å². The van der Waals surface area contributed by atoms with E-state index >= 15 is 0 Å². The first-order valence-corrected chi connectivity index (χ1v) is 6.05. The van der Waals surface area contributed by atoms with Crippen molar-refractivity contribution >= 4 is 0 Å². The molecule has 88 valence electrons. The monoisotopic (exact) mass is 202 g/mol. The van der Waals surface area contributed by atoms with Crippen molar-refractivity contribution in [1.82, 2.24) is 4.90 Å². The van der Waals surface area contributed by atoms with Crippen molar-refractivity contribution in [3.05, 3.63) is 0 Å². The number of nitrogens with zero attached hydrogens (tertiary/aromatic N) is 1. The Morgan fingerprint density at radius 3 is 1.79 bits per heavy atom. The molecule has 2 N–H and O–H groups in total. The predicted molar refractivity (Wildman–Crippen MR) is 66.3 cm³/mol. The molecule has 1 aliphatic rings. The Balaban J connectivity index is 0. The Labute approximate surface area is 90.9 Å². The summed E-state index contributed by atoms with van der Waals surface area (Å²) in [7, 11) is 2.09. The van der Waals surface area contributed by atoms with Crippen LogP contribution < -0.4 is 5.73 Å². The van der Waals surface area contributed by atoms with E-state index in [-0.39, 0.29) is 0 Å². The third-order valence-electron chi connectivity index (χ3n) is 2.52. The molecule has 0 amide bonds. The Bertz CT molecular complexity index is 109. The van der Waals surface area contributed by atoms with Crippen LogP contribution in [0.3, 0.4) is 0 Å². The highest BCUT2D eigenvalue weighted by Crippen LogP contribution is 2.40. The summed E-state index contributed by atoms with van der Waals surface area (Å²) in [5.41, 5.74) is 6.08. The zero-order chi connectivity index (χ0) is 11.6. The van der Waals surface area contributed by atoms with Crippen molar-refractivity contribution in [3.8, 4) is 0 Å². The quantitative estimate of drug-likeness (QED) is 0.713. The number of hydrogen-bond donors (Lipinski definition) is 1. The molecule has 0 atom stereocenters. The smallest absolute Gasteiger partial charge is 0.0452 e. The van der Waals surface area contributed by atoms with Gasteiger partial charge < -0.3 is 5.73 Å². The lowest BCUT2D eigenvalue weighted by Crippen LogP contribution is -2.40. The normalized spacial score (nSPS) is 17.1. The van der Waals surface area contributed by atoms with Crippen molar-refractivity contribution < 1.29 is 0 Å². The van der Waals surface area contributed by atoms with Gasteiger partial charge in [-0.3, -0.25) is 4.90 Å². The van der Waals surface area contributed by atoms with Gasteiger partial charge in [0.15, 0.2) is 0 Å². The average Bonchev–Trinajstić information content (AvgIpc) is 2.21. The Hall–Kier alpha value is -0.0800. The molecule has 0 bridgehead atoms. The van der Waals surface area contributed by atoms with Gasteiger partial charge >= 0.3 is 0 Å². The molecule has 1 saturated carbocycles. The molecule has 0 aromatic carbocycles. The third-order valence-corrected chi connectivity index (χ3v) is 2.52. The summed E-state index contributed by atoms with van der Waals surface area (Å²) in [4.78, 5) is 2.19. The van der Waals surface area contributed by atoms with Gasteiger partial charge in [0.05, 0.1) is 0 Å². The average molecular weight is 202 g/mol. The molecule has 0 aliphatic heterocycles. The van der Waals surface area contributed by atoms with E-state index in [2.05, 4.69) is 18.9 Å². The molecule has 0 radical (unpaired) electrons. The summed E-state index contributed by atoms with van der Waals surface area (Å²) >= 11 is 0. The Kier molecular flexibility index (Phi) is 11.1. The van der Waals surface area contributed by atoms with Gasteiger partial charge in [-0.2, -0.15) is 0 Å². The van der Waals surface area contributed by atoms with E-state index in [0.717, 1.165) is 0 Å². The molecule has 2 heteroatoms. The van der Waals surface area contributed by atoms with Crippen LogP contribution in [0.5, 0.6) is 0 Å². The Morgan fingerprint density at radius 2 is 1.57 bits per heavy atom. The SMILES string of the molecule is CC.CC.CN(CN)CC1(C)CCC1. The zero-order valence-corrected chi connectivity index (χ0v) is 11.1. The number of hydrogen-bond acceptors (Lipinski definition) is 2. The van der Waals surface area contributed by atoms with Crippen LogP contribution in [0.15, 0.2) is 0 Å². The molecule has 1 fully saturated rings. The van der Waals surface area contributed by atoms with Crippen LogP contribution in [0.25, 0.3) is 0 Å². The van der Waals surface area contributed by atoms with E-state index < -0.39 is 0 Å². The first-order chi connectivity index (χ1) is 6.66. The van der Waals surface area contributed by atoms with E-state index in [4.69, 9.17) is 5.73 Å². The first kappa shape index (κ1) is 16.4. The van der Waals surface area contributed by atoms with Crippen LogP contribution in [-0.2, 0) is 0 Å². The van der Waals surface area contributed by atoms with Gasteiger partial charge in [-0.1, -0.05) is 41.0 Å². The van der Waals surface area contributed by atoms with E-state index in [9.17, 15) is 0 Å². The van der Waals surface area contributed by atoms with E-state index in [1.54, 1.807) is 0 Å². The van der Waals surface area contributed by atoms with Gasteiger partial charge in [-0.25, -0.2) is 0 Å². The van der Waals surface area contributed by atoms with Crippen LogP contribution >= 0.6 is 0 Å². The molecule has 0 aromatic rings. The largest absolute Gasteiger partial charge is 0.318 e. The van der Waals surface area contributed by atoms with Crippen molar-refractivity contribution in [2.75, 3.05) is 20.3 Å². The van der Waals surface area contributed by atoms with Crippen LogP contribution in [-0.4, -0.2) is 25.2 Å². The lowest BCUT2D eigenvalue weighted by molar-refractivity contribution is 0.101. The molecule has 1 rings (SSSR count). The topological polar surface area (TPSA) is 29.3 Å². The van der Waals surface area contributed by atoms with Gasteiger partial charge in [0.25, 0.3) is 0 Å². The van der Waals surface area contributed by atoms with Gasteiger partial charge in [0.2, 0.25) is 0 Å². The molecule has 0 heterocycles. The third kappa shape index (κ3) is 6.39. The summed E-state index contributed by atoms with van der Waals surface area (Å²) in [6, 6.07) is 0. The second kappa shape index (κ2) is 9.47. The minimum absolute atomic E-state index is 0.591. The summed E-state index contributed by atoms with van der Waals surface area (Å²) < 4.78 is 0. The highest BCUT2D eigenvalue weighted by atomic mass is 15.1. The zero-order valence-electron chi connectivity index (χ0n) is 11.1. The molecule has 1 aliphatic carbocycles. The van der Waals surface area contributed by atoms with E-state index in [0.29, 0.717) is 12.1 Å². The van der Waals surface area contributed by atoms with Crippen LogP contribution in [0.2, 0.25) is 0 Å². The second-order valence-corrected chi connectivity index (χ2v) is 3.86. The van der Waals surface area contributed by atoms with Crippen molar-refractivity contribution in [2.45, 2.75) is 53.9 Å². The number of rotatable bonds is 3. The highest BCUT2D eigenvalue weighted by molar-refractivity contribution is 4.85. The van der Waals surface area contributed by atoms with Crippen molar-refractivity contribution in [3.63, 3.8) is 0 Å². The molecule has 14 heavy (non-hydrogen) atoms. The van der Waals surface area contributed by atoms with Crippen LogP contribution in [0.1, 0.15) is 53.9 Å². The van der Waals surface area contributed by atoms with E-state index in [1.807, 2.05) is 27.7 Å². The van der Waals surface area contributed by atoms with Crippen molar-refractivity contribution in [1.29, 1.82) is 0 Å². The predicted octanol–water partition coefficient (Wildman–Crippen LogP) is 3.08. The second-order valence-electron chi connectivity index (χ2n) is 3.86. The molecular formula is C12H30N2. The molecule has 0 aromatic heterocycles. The fraction of sp³-hybridized carbons (Fsp3) is 1.00. The maximum atomic E-state index is 5.48. The summed E-state index contributed by atoms with van der Waals surface area (Å²) in [6.45, 7) is 12.2. The minimum atomic E-state index is 0.591. The summed E-state index contributed by atoms with van der Waals surface area (Å²) in [5, 5.41) is 0. The lowest BCUT2D eigenvalue weighted by atomic mass is 9.70. The maximum absolute atomic E-state index is 5.48. The summed E-state index contributed by atoms with van der Waals surface area (Å²) in [6.07, 6.45) is 4.18. The fourth-order valence-electron chi connectivity index (χ4n) is 1.65. The minimum Gasteiger partial charge on any atom is -0.318 e. The highest BCUT2D eigenvalue weighted by Gasteiger charge is 2.32. The molecule has 0 saturated heterocycles. The molecule has 0 spiro atoms. The van der Waals surface area contributed by atoms with Gasteiger partial charge in [-0.15, -0.1) is 0 Å². The standard InChI is InChI=1S/C8H18N2.2C2H6/c1-8(4-3-5-8)6-10(2)7-9;2*1-2/h3-7,9H2,1-2H3;2*1-2H3. The van der Waals surface area contributed by atoms with Crippen LogP contribution in [0.4, 0.5) is 0 Å². The number of nitrogens with two attached hydrogens (primary N) is 1. The van der Waals surface area contributed by atoms with Crippen molar-refractivity contribution in [2.24, 2.45) is 11.1 Å². The van der Waals surface area contributed by atoms with Gasteiger partial charge in [0.1, 0.15) is 0 Å². The maximum Gasteiger partial charge on any atom is 0.0452 e. The summed E-state index contributed by atoms with van der Waals surface area (Å²) in [5.74, 6) is 0.